The molecule has 170 valence electrons. The summed E-state index contributed by atoms with van der Waals surface area (Å²) in [4.78, 5) is 13.0. The predicted molar refractivity (Wildman–Crippen MR) is 128 cm³/mol. The number of ether oxygens (including phenoxy) is 1. The topological polar surface area (TPSA) is 149 Å². The Balaban J connectivity index is 2.42. The number of aliphatic imine (C=N–C) groups is 2. The molecule has 2 aromatic rings. The van der Waals surface area contributed by atoms with E-state index in [4.69, 9.17) is 21.9 Å². The number of aromatic nitrogens is 1. The fraction of sp³-hybridized carbons (Fsp3) is 0.250. The molecule has 1 aliphatic heterocycles. The van der Waals surface area contributed by atoms with Gasteiger partial charge in [-0.3, -0.25) is 9.98 Å². The van der Waals surface area contributed by atoms with E-state index in [2.05, 4.69) is 15.0 Å². The zero-order valence-corrected chi connectivity index (χ0v) is 18.8. The lowest BCUT2D eigenvalue weighted by Gasteiger charge is -2.23. The molecular formula is C24H26FN7O. The van der Waals surface area contributed by atoms with Crippen molar-refractivity contribution in [2.75, 3.05) is 19.3 Å². The maximum absolute atomic E-state index is 14.2. The minimum Gasteiger partial charge on any atom is -0.482 e. The second kappa shape index (κ2) is 9.96. The number of hydrogen-bond acceptors (Lipinski definition) is 8. The van der Waals surface area contributed by atoms with Gasteiger partial charge in [0.05, 0.1) is 5.71 Å². The lowest BCUT2D eigenvalue weighted by molar-refractivity contribution is 0.226. The van der Waals surface area contributed by atoms with Crippen LogP contribution in [0.3, 0.4) is 0 Å². The highest BCUT2D eigenvalue weighted by Gasteiger charge is 2.23. The summed E-state index contributed by atoms with van der Waals surface area (Å²) in [6, 6.07) is 7.99. The number of pyridine rings is 1. The van der Waals surface area contributed by atoms with Crippen molar-refractivity contribution in [2.24, 2.45) is 21.5 Å². The van der Waals surface area contributed by atoms with Crippen LogP contribution >= 0.6 is 0 Å². The number of halogens is 1. The van der Waals surface area contributed by atoms with Gasteiger partial charge in [-0.25, -0.2) is 9.37 Å². The minimum atomic E-state index is -0.599. The standard InChI is InChI=1S/C24H26FN7O/c1-4-31-23-15-8-21(24(29)32-12-15)33-13(2)18-9-16(25)5-6-17(18)22(28)14(11-30-3)7-19(23)20(27)10-26/h5-6,8-9,11-13H,4,7,27-28H2,1-3H3,(H2,29,32). The summed E-state index contributed by atoms with van der Waals surface area (Å²) in [5.74, 6) is 0.0336. The maximum Gasteiger partial charge on any atom is 0.166 e. The smallest absolute Gasteiger partial charge is 0.166 e. The van der Waals surface area contributed by atoms with E-state index in [-0.39, 0.29) is 17.9 Å². The third-order valence-electron chi connectivity index (χ3n) is 5.25. The number of rotatable bonds is 2. The molecule has 9 heteroatoms. The number of nitrogen functional groups attached to an aromatic ring is 1. The largest absolute Gasteiger partial charge is 0.482 e. The lowest BCUT2D eigenvalue weighted by atomic mass is 9.91. The average molecular weight is 448 g/mol. The van der Waals surface area contributed by atoms with E-state index >= 15 is 0 Å². The van der Waals surface area contributed by atoms with Crippen molar-refractivity contribution in [3.8, 4) is 11.8 Å². The van der Waals surface area contributed by atoms with Crippen LogP contribution in [-0.2, 0) is 0 Å². The fourth-order valence-electron chi connectivity index (χ4n) is 3.67. The summed E-state index contributed by atoms with van der Waals surface area (Å²) in [7, 11) is 1.61. The van der Waals surface area contributed by atoms with E-state index in [0.717, 1.165) is 0 Å². The van der Waals surface area contributed by atoms with Crippen LogP contribution in [0.1, 0.15) is 43.1 Å². The van der Waals surface area contributed by atoms with E-state index in [1.165, 1.54) is 12.1 Å². The highest BCUT2D eigenvalue weighted by molar-refractivity contribution is 6.14. The molecule has 1 unspecified atom stereocenters. The number of fused-ring (bicyclic) bond motifs is 3. The van der Waals surface area contributed by atoms with Gasteiger partial charge in [0.25, 0.3) is 0 Å². The zero-order valence-electron chi connectivity index (χ0n) is 18.8. The second-order valence-corrected chi connectivity index (χ2v) is 7.43. The first-order valence-corrected chi connectivity index (χ1v) is 10.4. The molecule has 8 nitrogen and oxygen atoms in total. The summed E-state index contributed by atoms with van der Waals surface area (Å²) in [5, 5.41) is 9.62. The average Bonchev–Trinajstić information content (AvgIpc) is 2.80. The van der Waals surface area contributed by atoms with Crippen LogP contribution in [0, 0.1) is 17.1 Å². The van der Waals surface area contributed by atoms with Gasteiger partial charge in [0.2, 0.25) is 0 Å². The predicted octanol–water partition coefficient (Wildman–Crippen LogP) is 3.26. The minimum absolute atomic E-state index is 0.0129. The van der Waals surface area contributed by atoms with Gasteiger partial charge >= 0.3 is 0 Å². The first-order valence-electron chi connectivity index (χ1n) is 10.4. The van der Waals surface area contributed by atoms with Crippen LogP contribution in [-0.4, -0.2) is 30.5 Å². The number of nitrogens with two attached hydrogens (primary N) is 3. The van der Waals surface area contributed by atoms with E-state index in [9.17, 15) is 9.65 Å². The Hall–Kier alpha value is -4.19. The van der Waals surface area contributed by atoms with Crippen molar-refractivity contribution < 1.29 is 9.13 Å². The molecule has 3 rings (SSSR count). The first kappa shape index (κ1) is 23.5. The zero-order chi connectivity index (χ0) is 24.1. The van der Waals surface area contributed by atoms with Gasteiger partial charge in [0, 0.05) is 60.4 Å². The van der Waals surface area contributed by atoms with Gasteiger partial charge in [-0.1, -0.05) is 0 Å². The SMILES string of the molecule is CCN=C1C(=C(N)C#N)CC(C=NC)=C(N)c2ccc(F)cc2C(C)Oc2cc1cnc2N. The van der Waals surface area contributed by atoms with E-state index in [1.807, 2.05) is 13.0 Å². The van der Waals surface area contributed by atoms with Crippen molar-refractivity contribution in [3.05, 3.63) is 69.8 Å². The summed E-state index contributed by atoms with van der Waals surface area (Å²) >= 11 is 0. The second-order valence-electron chi connectivity index (χ2n) is 7.43. The van der Waals surface area contributed by atoms with Crippen LogP contribution in [0.2, 0.25) is 0 Å². The first-order chi connectivity index (χ1) is 15.8. The summed E-state index contributed by atoms with van der Waals surface area (Å²) in [5.41, 5.74) is 22.3. The van der Waals surface area contributed by atoms with E-state index in [0.29, 0.717) is 51.5 Å². The fourth-order valence-corrected chi connectivity index (χ4v) is 3.67. The van der Waals surface area contributed by atoms with Crippen LogP contribution in [0.25, 0.3) is 5.70 Å². The van der Waals surface area contributed by atoms with Crippen LogP contribution in [0.5, 0.6) is 5.75 Å². The molecule has 1 aromatic carbocycles. The Morgan fingerprint density at radius 1 is 1.36 bits per heavy atom. The van der Waals surface area contributed by atoms with E-state index < -0.39 is 11.9 Å². The molecule has 0 aliphatic carbocycles. The molecule has 1 aromatic heterocycles. The molecule has 1 atom stereocenters. The molecule has 0 saturated carbocycles. The highest BCUT2D eigenvalue weighted by atomic mass is 19.1. The molecule has 0 fully saturated rings. The number of benzene rings is 1. The van der Waals surface area contributed by atoms with Gasteiger partial charge < -0.3 is 21.9 Å². The van der Waals surface area contributed by atoms with Crippen molar-refractivity contribution in [1.82, 2.24) is 4.98 Å². The quantitative estimate of drug-likeness (QED) is 0.475. The molecule has 2 bridgehead atoms. The number of anilines is 1. The summed E-state index contributed by atoms with van der Waals surface area (Å²) in [6.45, 7) is 4.08. The van der Waals surface area contributed by atoms with Crippen molar-refractivity contribution in [3.63, 3.8) is 0 Å². The normalized spacial score (nSPS) is 19.4. The Kier molecular flexibility index (Phi) is 7.08. The third-order valence-corrected chi connectivity index (χ3v) is 5.25. The highest BCUT2D eigenvalue weighted by Crippen LogP contribution is 2.34. The molecule has 0 radical (unpaired) electrons. The van der Waals surface area contributed by atoms with Crippen LogP contribution < -0.4 is 21.9 Å². The molecule has 33 heavy (non-hydrogen) atoms. The summed E-state index contributed by atoms with van der Waals surface area (Å²) in [6.07, 6.45) is 2.72. The van der Waals surface area contributed by atoms with Crippen molar-refractivity contribution in [2.45, 2.75) is 26.4 Å². The molecule has 0 saturated heterocycles. The molecule has 2 heterocycles. The molecule has 0 spiro atoms. The number of nitrogens with zero attached hydrogens (tertiary/aromatic N) is 4. The summed E-state index contributed by atoms with van der Waals surface area (Å²) < 4.78 is 20.3. The van der Waals surface area contributed by atoms with E-state index in [1.54, 1.807) is 38.5 Å². The molecule has 6 N–H and O–H groups in total. The van der Waals surface area contributed by atoms with Gasteiger partial charge in [0.1, 0.15) is 23.7 Å². The van der Waals surface area contributed by atoms with Crippen LogP contribution in [0.15, 0.2) is 57.3 Å². The van der Waals surface area contributed by atoms with Crippen molar-refractivity contribution >= 4 is 23.4 Å². The van der Waals surface area contributed by atoms with Crippen LogP contribution in [0.4, 0.5) is 10.2 Å². The lowest BCUT2D eigenvalue weighted by Crippen LogP contribution is -2.18. The third kappa shape index (κ3) is 4.85. The number of nitriles is 1. The Morgan fingerprint density at radius 3 is 2.79 bits per heavy atom. The molecule has 0 amide bonds. The molecule has 1 aliphatic rings. The maximum atomic E-state index is 14.2. The Morgan fingerprint density at radius 2 is 2.12 bits per heavy atom. The van der Waals surface area contributed by atoms with Gasteiger partial charge in [-0.05, 0) is 43.7 Å². The van der Waals surface area contributed by atoms with Gasteiger partial charge in [-0.15, -0.1) is 0 Å². The Bertz CT molecular complexity index is 1240. The van der Waals surface area contributed by atoms with Crippen molar-refractivity contribution in [1.29, 1.82) is 5.26 Å². The van der Waals surface area contributed by atoms with Gasteiger partial charge in [0.15, 0.2) is 11.6 Å². The van der Waals surface area contributed by atoms with Gasteiger partial charge in [-0.2, -0.15) is 5.26 Å². The molecular weight excluding hydrogens is 421 g/mol. The number of allylic oxidation sites excluding steroid dienone is 3. The number of hydrogen-bond donors (Lipinski definition) is 3. The monoisotopic (exact) mass is 447 g/mol. The Labute approximate surface area is 192 Å².